The number of ether oxygens (including phenoxy) is 2. The minimum absolute atomic E-state index is 0.233. The monoisotopic (exact) mass is 406 g/mol. The summed E-state index contributed by atoms with van der Waals surface area (Å²) in [6.07, 6.45) is 5.44. The lowest BCUT2D eigenvalue weighted by molar-refractivity contribution is -0.143. The molecule has 0 fully saturated rings. The van der Waals surface area contributed by atoms with E-state index in [2.05, 4.69) is 0 Å². The highest BCUT2D eigenvalue weighted by atomic mass is 16.5. The van der Waals surface area contributed by atoms with Gasteiger partial charge in [0.2, 0.25) is 0 Å². The van der Waals surface area contributed by atoms with E-state index in [1.165, 1.54) is 6.07 Å². The van der Waals surface area contributed by atoms with Gasteiger partial charge in [-0.05, 0) is 48.6 Å². The van der Waals surface area contributed by atoms with Gasteiger partial charge >= 0.3 is 11.6 Å². The zero-order chi connectivity index (χ0) is 21.3. The Morgan fingerprint density at radius 1 is 1.13 bits per heavy atom. The maximum Gasteiger partial charge on any atom is 0.336 e. The van der Waals surface area contributed by atoms with Gasteiger partial charge in [-0.15, -0.1) is 0 Å². The van der Waals surface area contributed by atoms with Crippen molar-refractivity contribution in [2.45, 2.75) is 33.1 Å². The zero-order valence-electron chi connectivity index (χ0n) is 17.4. The van der Waals surface area contributed by atoms with Crippen LogP contribution in [0.3, 0.4) is 0 Å². The van der Waals surface area contributed by atoms with E-state index in [0.717, 1.165) is 28.5 Å². The predicted molar refractivity (Wildman–Crippen MR) is 118 cm³/mol. The van der Waals surface area contributed by atoms with E-state index in [-0.39, 0.29) is 12.4 Å². The number of hydrogen-bond donors (Lipinski definition) is 0. The van der Waals surface area contributed by atoms with Gasteiger partial charge in [0.05, 0.1) is 6.61 Å². The molecular formula is C25H26O5. The minimum atomic E-state index is -0.397. The molecule has 1 aromatic heterocycles. The van der Waals surface area contributed by atoms with E-state index in [1.807, 2.05) is 62.4 Å². The van der Waals surface area contributed by atoms with Gasteiger partial charge in [0.25, 0.3) is 0 Å². The molecule has 0 radical (unpaired) electrons. The maximum absolute atomic E-state index is 11.9. The second-order valence-electron chi connectivity index (χ2n) is 7.05. The maximum atomic E-state index is 11.9. The fraction of sp³-hybridized carbons (Fsp3) is 0.280. The number of benzene rings is 2. The van der Waals surface area contributed by atoms with Crippen molar-refractivity contribution in [2.24, 2.45) is 0 Å². The normalized spacial score (nSPS) is 11.1. The lowest BCUT2D eigenvalue weighted by Gasteiger charge is -2.12. The highest BCUT2D eigenvalue weighted by Gasteiger charge is 2.13. The van der Waals surface area contributed by atoms with Crippen molar-refractivity contribution in [3.05, 3.63) is 81.7 Å². The quantitative estimate of drug-likeness (QED) is 0.366. The molecule has 2 aromatic carbocycles. The average Bonchev–Trinajstić information content (AvgIpc) is 2.74. The minimum Gasteiger partial charge on any atom is -0.489 e. The molecule has 1 heterocycles. The molecule has 0 saturated heterocycles. The summed E-state index contributed by atoms with van der Waals surface area (Å²) in [6.45, 7) is 4.60. The van der Waals surface area contributed by atoms with Crippen molar-refractivity contribution >= 4 is 23.0 Å². The van der Waals surface area contributed by atoms with E-state index in [1.54, 1.807) is 6.07 Å². The third kappa shape index (κ3) is 5.83. The number of hydrogen-bond acceptors (Lipinski definition) is 5. The number of rotatable bonds is 9. The van der Waals surface area contributed by atoms with Gasteiger partial charge in [-0.25, -0.2) is 4.79 Å². The molecule has 0 amide bonds. The Balaban J connectivity index is 1.80. The summed E-state index contributed by atoms with van der Waals surface area (Å²) in [5, 5.41) is 0.832. The van der Waals surface area contributed by atoms with E-state index < -0.39 is 5.63 Å². The molecule has 3 aromatic rings. The number of esters is 1. The van der Waals surface area contributed by atoms with Crippen molar-refractivity contribution in [3.8, 4) is 5.75 Å². The largest absolute Gasteiger partial charge is 0.489 e. The van der Waals surface area contributed by atoms with Gasteiger partial charge in [-0.2, -0.15) is 0 Å². The highest BCUT2D eigenvalue weighted by molar-refractivity contribution is 5.83. The molecule has 0 bridgehead atoms. The molecule has 0 atom stereocenters. The molecule has 5 nitrogen and oxygen atoms in total. The van der Waals surface area contributed by atoms with Crippen LogP contribution in [0, 0.1) is 6.92 Å². The van der Waals surface area contributed by atoms with E-state index in [4.69, 9.17) is 13.9 Å². The molecule has 0 N–H and O–H groups in total. The van der Waals surface area contributed by atoms with E-state index in [0.29, 0.717) is 31.0 Å². The Hall–Kier alpha value is -3.34. The summed E-state index contributed by atoms with van der Waals surface area (Å²) in [7, 11) is 0. The van der Waals surface area contributed by atoms with Crippen LogP contribution in [0.25, 0.3) is 17.0 Å². The molecule has 5 heteroatoms. The standard InChI is InChI=1S/C25H26O5/c1-3-13-29-24(26)12-11-20-16-21-18(2)15-25(27)30-23(21)17-22(20)28-14-7-10-19-8-5-4-6-9-19/h4-10,15-17H,3,11-14H2,1-2H3/b10-7+. The Morgan fingerprint density at radius 2 is 1.93 bits per heavy atom. The molecule has 30 heavy (non-hydrogen) atoms. The van der Waals surface area contributed by atoms with Crippen molar-refractivity contribution < 1.29 is 18.7 Å². The SMILES string of the molecule is CCCOC(=O)CCc1cc2c(C)cc(=O)oc2cc1OC/C=C/c1ccccc1. The summed E-state index contributed by atoms with van der Waals surface area (Å²) >= 11 is 0. The first kappa shape index (κ1) is 21.4. The number of fused-ring (bicyclic) bond motifs is 1. The number of aryl methyl sites for hydroxylation is 2. The summed E-state index contributed by atoms with van der Waals surface area (Å²) < 4.78 is 16.5. The van der Waals surface area contributed by atoms with Crippen LogP contribution in [0.2, 0.25) is 0 Å². The second kappa shape index (κ2) is 10.4. The fourth-order valence-electron chi connectivity index (χ4n) is 3.13. The predicted octanol–water partition coefficient (Wildman–Crippen LogP) is 5.08. The Labute approximate surface area is 175 Å². The summed E-state index contributed by atoms with van der Waals surface area (Å²) in [5.74, 6) is 0.362. The van der Waals surface area contributed by atoms with Crippen molar-refractivity contribution in [2.75, 3.05) is 13.2 Å². The van der Waals surface area contributed by atoms with Crippen LogP contribution in [0.1, 0.15) is 36.5 Å². The van der Waals surface area contributed by atoms with Gasteiger partial charge in [-0.1, -0.05) is 43.3 Å². The molecule has 0 spiro atoms. The smallest absolute Gasteiger partial charge is 0.336 e. The molecular weight excluding hydrogens is 380 g/mol. The number of carbonyl (C=O) groups is 1. The molecule has 0 aliphatic heterocycles. The van der Waals surface area contributed by atoms with Crippen LogP contribution in [0.15, 0.2) is 63.8 Å². The van der Waals surface area contributed by atoms with Crippen molar-refractivity contribution in [1.29, 1.82) is 0 Å². The molecule has 156 valence electrons. The zero-order valence-corrected chi connectivity index (χ0v) is 17.4. The Kier molecular flexibility index (Phi) is 7.44. The van der Waals surface area contributed by atoms with Crippen molar-refractivity contribution in [3.63, 3.8) is 0 Å². The molecule has 0 saturated carbocycles. The van der Waals surface area contributed by atoms with E-state index >= 15 is 0 Å². The topological polar surface area (TPSA) is 65.7 Å². The first-order chi connectivity index (χ1) is 14.6. The van der Waals surface area contributed by atoms with Crippen LogP contribution in [0.4, 0.5) is 0 Å². The highest BCUT2D eigenvalue weighted by Crippen LogP contribution is 2.28. The number of carbonyl (C=O) groups excluding carboxylic acids is 1. The van der Waals surface area contributed by atoms with Gasteiger partial charge in [0.1, 0.15) is 17.9 Å². The Morgan fingerprint density at radius 3 is 2.70 bits per heavy atom. The molecule has 0 aliphatic rings. The third-order valence-corrected chi connectivity index (χ3v) is 4.64. The molecule has 3 rings (SSSR count). The van der Waals surface area contributed by atoms with Gasteiger partial charge in [-0.3, -0.25) is 4.79 Å². The second-order valence-corrected chi connectivity index (χ2v) is 7.05. The van der Waals surface area contributed by atoms with Gasteiger partial charge in [0.15, 0.2) is 0 Å². The molecule has 0 unspecified atom stereocenters. The third-order valence-electron chi connectivity index (χ3n) is 4.64. The summed E-state index contributed by atoms with van der Waals surface area (Å²) in [6, 6.07) is 15.1. The van der Waals surface area contributed by atoms with Crippen molar-refractivity contribution in [1.82, 2.24) is 0 Å². The first-order valence-electron chi connectivity index (χ1n) is 10.1. The average molecular weight is 406 g/mol. The fourth-order valence-corrected chi connectivity index (χ4v) is 3.13. The van der Waals surface area contributed by atoms with Gasteiger partial charge in [0, 0.05) is 23.9 Å². The van der Waals surface area contributed by atoms with Crippen LogP contribution < -0.4 is 10.4 Å². The van der Waals surface area contributed by atoms with Crippen LogP contribution >= 0.6 is 0 Å². The van der Waals surface area contributed by atoms with Crippen LogP contribution in [-0.2, 0) is 16.0 Å². The van der Waals surface area contributed by atoms with Crippen LogP contribution in [0.5, 0.6) is 5.75 Å². The van der Waals surface area contributed by atoms with Crippen LogP contribution in [-0.4, -0.2) is 19.2 Å². The Bertz CT molecular complexity index is 1080. The lowest BCUT2D eigenvalue weighted by atomic mass is 10.0. The first-order valence-corrected chi connectivity index (χ1v) is 10.1. The van der Waals surface area contributed by atoms with Gasteiger partial charge < -0.3 is 13.9 Å². The summed E-state index contributed by atoms with van der Waals surface area (Å²) in [4.78, 5) is 23.7. The molecule has 0 aliphatic carbocycles. The summed E-state index contributed by atoms with van der Waals surface area (Å²) in [5.41, 5.74) is 2.86. The lowest BCUT2D eigenvalue weighted by Crippen LogP contribution is -2.08. The van der Waals surface area contributed by atoms with E-state index in [9.17, 15) is 9.59 Å².